The van der Waals surface area contributed by atoms with E-state index in [1.165, 1.54) is 11.8 Å². The van der Waals surface area contributed by atoms with Gasteiger partial charge in [0.2, 0.25) is 5.16 Å². The molecule has 5 rings (SSSR count). The van der Waals surface area contributed by atoms with Gasteiger partial charge in [-0.25, -0.2) is 0 Å². The minimum absolute atomic E-state index is 0.256. The van der Waals surface area contributed by atoms with Crippen LogP contribution >= 0.6 is 11.8 Å². The molecule has 0 spiro atoms. The summed E-state index contributed by atoms with van der Waals surface area (Å²) >= 11 is 1.38. The molecule has 0 unspecified atom stereocenters. The topological polar surface area (TPSA) is 85.6 Å². The number of hydrogen-bond acceptors (Lipinski definition) is 6. The Bertz CT molecular complexity index is 1160. The normalized spacial score (nSPS) is 13.2. The molecule has 30 heavy (non-hydrogen) atoms. The van der Waals surface area contributed by atoms with E-state index in [4.69, 9.17) is 0 Å². The third-order valence-corrected chi connectivity index (χ3v) is 5.59. The van der Waals surface area contributed by atoms with Crippen LogP contribution in [-0.4, -0.2) is 30.9 Å². The molecular weight excluding hydrogens is 396 g/mol. The van der Waals surface area contributed by atoms with Crippen molar-refractivity contribution in [2.24, 2.45) is 0 Å². The largest absolute Gasteiger partial charge is 0.321 e. The van der Waals surface area contributed by atoms with E-state index >= 15 is 0 Å². The van der Waals surface area contributed by atoms with Gasteiger partial charge in [-0.05, 0) is 61.0 Å². The molecule has 1 aliphatic carbocycles. The summed E-state index contributed by atoms with van der Waals surface area (Å²) in [5.41, 5.74) is 2.00. The Morgan fingerprint density at radius 1 is 0.867 bits per heavy atom. The summed E-state index contributed by atoms with van der Waals surface area (Å²) in [6.07, 6.45) is 2.28. The third-order valence-electron chi connectivity index (χ3n) is 4.72. The van der Waals surface area contributed by atoms with Crippen molar-refractivity contribution in [3.05, 3.63) is 84.3 Å². The number of nitrogens with zero attached hydrogens (tertiary/aromatic N) is 5. The van der Waals surface area contributed by atoms with Crippen LogP contribution in [0.15, 0.2) is 83.0 Å². The fourth-order valence-corrected chi connectivity index (χ4v) is 3.86. The Kier molecular flexibility index (Phi) is 4.98. The molecule has 0 aliphatic heterocycles. The molecule has 1 amide bonds. The van der Waals surface area contributed by atoms with Crippen LogP contribution < -0.4 is 5.32 Å². The van der Waals surface area contributed by atoms with Crippen LogP contribution in [0, 0.1) is 0 Å². The first-order chi connectivity index (χ1) is 14.8. The van der Waals surface area contributed by atoms with Gasteiger partial charge >= 0.3 is 0 Å². The van der Waals surface area contributed by atoms with Gasteiger partial charge in [-0.1, -0.05) is 36.4 Å². The molecular formula is C22H18N6OS. The second-order valence-corrected chi connectivity index (χ2v) is 7.95. The number of nitrogens with one attached hydrogen (secondary N) is 1. The standard InChI is InChI=1S/C22H18N6OS/c29-21(23-16-7-3-1-4-8-16)18-13-14-19(25-24-18)30-22-27-26-20(15-11-12-15)28(22)17-9-5-2-6-10-17/h1-10,13-15H,11-12H2,(H,23,29). The van der Waals surface area contributed by atoms with Crippen LogP contribution in [0.3, 0.4) is 0 Å². The maximum absolute atomic E-state index is 12.4. The van der Waals surface area contributed by atoms with E-state index in [0.29, 0.717) is 16.6 Å². The summed E-state index contributed by atoms with van der Waals surface area (Å²) in [6, 6.07) is 22.8. The monoisotopic (exact) mass is 414 g/mol. The lowest BCUT2D eigenvalue weighted by atomic mass is 10.3. The number of para-hydroxylation sites is 2. The number of amides is 1. The first-order valence-electron chi connectivity index (χ1n) is 9.66. The summed E-state index contributed by atoms with van der Waals surface area (Å²) in [5, 5.41) is 21.3. The predicted molar refractivity (Wildman–Crippen MR) is 114 cm³/mol. The second kappa shape index (κ2) is 8.08. The van der Waals surface area contributed by atoms with Gasteiger partial charge in [-0.3, -0.25) is 9.36 Å². The van der Waals surface area contributed by atoms with Crippen molar-refractivity contribution in [3.8, 4) is 5.69 Å². The quantitative estimate of drug-likeness (QED) is 0.505. The minimum atomic E-state index is -0.297. The van der Waals surface area contributed by atoms with Crippen molar-refractivity contribution in [2.45, 2.75) is 28.9 Å². The molecule has 2 aromatic carbocycles. The van der Waals surface area contributed by atoms with E-state index in [1.807, 2.05) is 60.7 Å². The predicted octanol–water partition coefficient (Wildman–Crippen LogP) is 4.34. The van der Waals surface area contributed by atoms with Gasteiger partial charge in [0.15, 0.2) is 5.69 Å². The molecule has 1 aliphatic rings. The van der Waals surface area contributed by atoms with Gasteiger partial charge in [0.25, 0.3) is 5.91 Å². The lowest BCUT2D eigenvalue weighted by molar-refractivity contribution is 0.102. The minimum Gasteiger partial charge on any atom is -0.321 e. The molecule has 4 aromatic rings. The van der Waals surface area contributed by atoms with Crippen LogP contribution in [0.4, 0.5) is 5.69 Å². The van der Waals surface area contributed by atoms with Crippen molar-refractivity contribution in [2.75, 3.05) is 5.32 Å². The van der Waals surface area contributed by atoms with E-state index < -0.39 is 0 Å². The van der Waals surface area contributed by atoms with Crippen molar-refractivity contribution in [3.63, 3.8) is 0 Å². The zero-order valence-corrected chi connectivity index (χ0v) is 16.8. The van der Waals surface area contributed by atoms with Crippen molar-refractivity contribution >= 4 is 23.4 Å². The molecule has 1 N–H and O–H groups in total. The number of benzene rings is 2. The van der Waals surface area contributed by atoms with Crippen molar-refractivity contribution in [1.29, 1.82) is 0 Å². The molecule has 0 radical (unpaired) electrons. The third kappa shape index (κ3) is 3.95. The van der Waals surface area contributed by atoms with Gasteiger partial charge < -0.3 is 5.32 Å². The van der Waals surface area contributed by atoms with Crippen LogP contribution in [0.1, 0.15) is 35.1 Å². The summed E-state index contributed by atoms with van der Waals surface area (Å²) < 4.78 is 2.08. The highest BCUT2D eigenvalue weighted by molar-refractivity contribution is 7.99. The maximum atomic E-state index is 12.4. The average molecular weight is 414 g/mol. The van der Waals surface area contributed by atoms with Gasteiger partial charge in [0.1, 0.15) is 10.9 Å². The van der Waals surface area contributed by atoms with Gasteiger partial charge in [-0.15, -0.1) is 20.4 Å². The molecule has 0 saturated heterocycles. The van der Waals surface area contributed by atoms with Crippen molar-refractivity contribution < 1.29 is 4.79 Å². The number of hydrogen-bond donors (Lipinski definition) is 1. The van der Waals surface area contributed by atoms with Crippen LogP contribution in [0.25, 0.3) is 5.69 Å². The Labute approximate surface area is 177 Å². The van der Waals surface area contributed by atoms with Crippen molar-refractivity contribution in [1.82, 2.24) is 25.0 Å². The SMILES string of the molecule is O=C(Nc1ccccc1)c1ccc(Sc2nnc(C3CC3)n2-c2ccccc2)nn1. The molecule has 8 heteroatoms. The van der Waals surface area contributed by atoms with E-state index in [1.54, 1.807) is 12.1 Å². The molecule has 2 heterocycles. The zero-order valence-electron chi connectivity index (χ0n) is 16.0. The first-order valence-corrected chi connectivity index (χ1v) is 10.5. The molecule has 0 atom stereocenters. The van der Waals surface area contributed by atoms with Gasteiger partial charge in [0.05, 0.1) is 0 Å². The molecule has 1 saturated carbocycles. The first kappa shape index (κ1) is 18.5. The molecule has 2 aromatic heterocycles. The Morgan fingerprint density at radius 3 is 2.27 bits per heavy atom. The molecule has 1 fully saturated rings. The van der Waals surface area contributed by atoms with E-state index in [2.05, 4.69) is 30.3 Å². The summed E-state index contributed by atoms with van der Waals surface area (Å²) in [4.78, 5) is 12.4. The Balaban J connectivity index is 1.36. The molecule has 0 bridgehead atoms. The zero-order chi connectivity index (χ0) is 20.3. The summed E-state index contributed by atoms with van der Waals surface area (Å²) in [7, 11) is 0. The Morgan fingerprint density at radius 2 is 1.60 bits per heavy atom. The number of rotatable bonds is 6. The fourth-order valence-electron chi connectivity index (χ4n) is 3.08. The Hall–Kier alpha value is -3.52. The number of carbonyl (C=O) groups excluding carboxylic acids is 1. The summed E-state index contributed by atoms with van der Waals surface area (Å²) in [5.74, 6) is 1.14. The lowest BCUT2D eigenvalue weighted by Gasteiger charge is -2.09. The number of aromatic nitrogens is 5. The second-order valence-electron chi connectivity index (χ2n) is 6.97. The number of anilines is 1. The van der Waals surface area contributed by atoms with Crippen LogP contribution in [0.2, 0.25) is 0 Å². The fraction of sp³-hybridized carbons (Fsp3) is 0.136. The maximum Gasteiger partial charge on any atom is 0.276 e. The average Bonchev–Trinajstić information content (AvgIpc) is 3.56. The smallest absolute Gasteiger partial charge is 0.276 e. The molecule has 7 nitrogen and oxygen atoms in total. The molecule has 148 valence electrons. The lowest BCUT2D eigenvalue weighted by Crippen LogP contribution is -2.14. The van der Waals surface area contributed by atoms with Gasteiger partial charge in [0, 0.05) is 17.3 Å². The van der Waals surface area contributed by atoms with Crippen LogP contribution in [-0.2, 0) is 0 Å². The van der Waals surface area contributed by atoms with E-state index in [0.717, 1.165) is 29.5 Å². The van der Waals surface area contributed by atoms with E-state index in [9.17, 15) is 4.79 Å². The highest BCUT2D eigenvalue weighted by Gasteiger charge is 2.31. The summed E-state index contributed by atoms with van der Waals surface area (Å²) in [6.45, 7) is 0. The number of carbonyl (C=O) groups is 1. The van der Waals surface area contributed by atoms with Gasteiger partial charge in [-0.2, -0.15) is 0 Å². The highest BCUT2D eigenvalue weighted by Crippen LogP contribution is 2.41. The van der Waals surface area contributed by atoms with E-state index in [-0.39, 0.29) is 11.6 Å². The van der Waals surface area contributed by atoms with Crippen LogP contribution in [0.5, 0.6) is 0 Å². The highest BCUT2D eigenvalue weighted by atomic mass is 32.2.